The Hall–Kier alpha value is -0.990. The largest absolute Gasteiger partial charge is 0.396 e. The van der Waals surface area contributed by atoms with E-state index in [9.17, 15) is 0 Å². The highest BCUT2D eigenvalue weighted by Crippen LogP contribution is 1.98. The van der Waals surface area contributed by atoms with Crippen molar-refractivity contribution in [2.75, 3.05) is 13.1 Å². The lowest BCUT2D eigenvalue weighted by Crippen LogP contribution is -2.30. The van der Waals surface area contributed by atoms with E-state index < -0.39 is 0 Å². The fraction of sp³-hybridized carbons (Fsp3) is 0.571. The molecule has 3 N–H and O–H groups in total. The highest BCUT2D eigenvalue weighted by atomic mass is 15.0. The molecule has 3 heteroatoms. The van der Waals surface area contributed by atoms with E-state index in [4.69, 9.17) is 5.73 Å². The molecule has 56 valence electrons. The number of aliphatic imine (C=N–C) groups is 1. The molecule has 0 amide bonds. The topological polar surface area (TPSA) is 50.4 Å². The molecule has 0 saturated heterocycles. The number of nitrogens with one attached hydrogen (secondary N) is 1. The SMILES string of the molecule is CCNC1=NCCC=C1N. The molecular formula is C7H13N3. The summed E-state index contributed by atoms with van der Waals surface area (Å²) in [5.41, 5.74) is 6.42. The zero-order valence-electron chi connectivity index (χ0n) is 6.22. The number of likely N-dealkylation sites (N-methyl/N-ethyl adjacent to an activating group) is 1. The maximum atomic E-state index is 5.63. The van der Waals surface area contributed by atoms with Crippen molar-refractivity contribution >= 4 is 5.84 Å². The Morgan fingerprint density at radius 2 is 2.60 bits per heavy atom. The average molecular weight is 139 g/mol. The van der Waals surface area contributed by atoms with Crippen LogP contribution in [-0.2, 0) is 0 Å². The van der Waals surface area contributed by atoms with Gasteiger partial charge in [0.25, 0.3) is 0 Å². The van der Waals surface area contributed by atoms with Crippen LogP contribution in [0.2, 0.25) is 0 Å². The van der Waals surface area contributed by atoms with E-state index >= 15 is 0 Å². The molecule has 0 unspecified atom stereocenters. The summed E-state index contributed by atoms with van der Waals surface area (Å²) in [7, 11) is 0. The molecule has 0 radical (unpaired) electrons. The van der Waals surface area contributed by atoms with Crippen LogP contribution in [0, 0.1) is 0 Å². The first kappa shape index (κ1) is 7.12. The minimum Gasteiger partial charge on any atom is -0.396 e. The average Bonchev–Trinajstić information content (AvgIpc) is 1.94. The van der Waals surface area contributed by atoms with Gasteiger partial charge in [0, 0.05) is 13.1 Å². The maximum Gasteiger partial charge on any atom is 0.144 e. The molecule has 1 aliphatic heterocycles. The van der Waals surface area contributed by atoms with Crippen LogP contribution < -0.4 is 11.1 Å². The first-order valence-corrected chi connectivity index (χ1v) is 3.59. The van der Waals surface area contributed by atoms with Crippen molar-refractivity contribution in [1.29, 1.82) is 0 Å². The fourth-order valence-electron chi connectivity index (χ4n) is 0.910. The van der Waals surface area contributed by atoms with Gasteiger partial charge in [-0.15, -0.1) is 0 Å². The Morgan fingerprint density at radius 3 is 3.20 bits per heavy atom. The first-order valence-electron chi connectivity index (χ1n) is 3.59. The van der Waals surface area contributed by atoms with Crippen molar-refractivity contribution in [2.24, 2.45) is 10.7 Å². The van der Waals surface area contributed by atoms with Gasteiger partial charge in [-0.1, -0.05) is 6.08 Å². The molecular weight excluding hydrogens is 126 g/mol. The lowest BCUT2D eigenvalue weighted by Gasteiger charge is -2.11. The molecule has 0 aromatic heterocycles. The number of nitrogens with two attached hydrogens (primary N) is 1. The lowest BCUT2D eigenvalue weighted by atomic mass is 10.2. The van der Waals surface area contributed by atoms with E-state index in [1.807, 2.05) is 13.0 Å². The second kappa shape index (κ2) is 3.25. The van der Waals surface area contributed by atoms with Crippen LogP contribution in [0.15, 0.2) is 16.8 Å². The van der Waals surface area contributed by atoms with Crippen LogP contribution >= 0.6 is 0 Å². The quantitative estimate of drug-likeness (QED) is 0.546. The smallest absolute Gasteiger partial charge is 0.144 e. The predicted molar refractivity (Wildman–Crippen MR) is 42.9 cm³/mol. The second-order valence-corrected chi connectivity index (χ2v) is 2.21. The standard InChI is InChI=1S/C7H13N3/c1-2-9-7-6(8)4-3-5-10-7/h4H,2-3,5,8H2,1H3,(H,9,10). The summed E-state index contributed by atoms with van der Waals surface area (Å²) in [6.45, 7) is 3.78. The van der Waals surface area contributed by atoms with Crippen LogP contribution in [0.1, 0.15) is 13.3 Å². The summed E-state index contributed by atoms with van der Waals surface area (Å²) in [6, 6.07) is 0. The molecule has 0 saturated carbocycles. The molecule has 1 aliphatic rings. The summed E-state index contributed by atoms with van der Waals surface area (Å²) in [4.78, 5) is 4.21. The number of rotatable bonds is 1. The lowest BCUT2D eigenvalue weighted by molar-refractivity contribution is 0.899. The molecule has 0 fully saturated rings. The summed E-state index contributed by atoms with van der Waals surface area (Å²) in [5, 5.41) is 3.09. The molecule has 1 heterocycles. The van der Waals surface area contributed by atoms with Crippen molar-refractivity contribution in [3.8, 4) is 0 Å². The Morgan fingerprint density at radius 1 is 1.80 bits per heavy atom. The number of hydrogen-bond donors (Lipinski definition) is 2. The zero-order valence-corrected chi connectivity index (χ0v) is 6.22. The van der Waals surface area contributed by atoms with Gasteiger partial charge in [-0.25, -0.2) is 0 Å². The normalized spacial score (nSPS) is 17.7. The van der Waals surface area contributed by atoms with E-state index in [0.717, 1.165) is 31.0 Å². The molecule has 0 bridgehead atoms. The van der Waals surface area contributed by atoms with E-state index in [1.165, 1.54) is 0 Å². The second-order valence-electron chi connectivity index (χ2n) is 2.21. The van der Waals surface area contributed by atoms with Crippen molar-refractivity contribution < 1.29 is 0 Å². The third-order valence-electron chi connectivity index (χ3n) is 1.38. The van der Waals surface area contributed by atoms with Crippen molar-refractivity contribution in [3.05, 3.63) is 11.8 Å². The fourth-order valence-corrected chi connectivity index (χ4v) is 0.910. The van der Waals surface area contributed by atoms with Gasteiger partial charge < -0.3 is 11.1 Å². The van der Waals surface area contributed by atoms with Crippen molar-refractivity contribution in [1.82, 2.24) is 5.32 Å². The van der Waals surface area contributed by atoms with Gasteiger partial charge in [0.15, 0.2) is 0 Å². The molecule has 3 nitrogen and oxygen atoms in total. The third-order valence-corrected chi connectivity index (χ3v) is 1.38. The van der Waals surface area contributed by atoms with Crippen LogP contribution in [0.5, 0.6) is 0 Å². The molecule has 0 spiro atoms. The molecule has 0 aromatic carbocycles. The molecule has 1 rings (SSSR count). The van der Waals surface area contributed by atoms with Gasteiger partial charge in [-0.05, 0) is 13.3 Å². The Balaban J connectivity index is 2.56. The molecule has 0 atom stereocenters. The Labute approximate surface area is 61.0 Å². The van der Waals surface area contributed by atoms with Crippen LogP contribution in [0.3, 0.4) is 0 Å². The van der Waals surface area contributed by atoms with Crippen molar-refractivity contribution in [3.63, 3.8) is 0 Å². The van der Waals surface area contributed by atoms with Crippen LogP contribution in [0.4, 0.5) is 0 Å². The van der Waals surface area contributed by atoms with Crippen LogP contribution in [-0.4, -0.2) is 18.9 Å². The van der Waals surface area contributed by atoms with E-state index in [0.29, 0.717) is 0 Å². The number of amidine groups is 1. The van der Waals surface area contributed by atoms with Crippen LogP contribution in [0.25, 0.3) is 0 Å². The van der Waals surface area contributed by atoms with Gasteiger partial charge in [-0.2, -0.15) is 0 Å². The van der Waals surface area contributed by atoms with Crippen molar-refractivity contribution in [2.45, 2.75) is 13.3 Å². The van der Waals surface area contributed by atoms with E-state index in [1.54, 1.807) is 0 Å². The highest BCUT2D eigenvalue weighted by Gasteiger charge is 2.03. The van der Waals surface area contributed by atoms with Gasteiger partial charge in [0.1, 0.15) is 5.84 Å². The predicted octanol–water partition coefficient (Wildman–Crippen LogP) is 0.241. The number of hydrogen-bond acceptors (Lipinski definition) is 3. The summed E-state index contributed by atoms with van der Waals surface area (Å²) in [5.74, 6) is 0.855. The maximum absolute atomic E-state index is 5.63. The molecule has 0 aromatic rings. The summed E-state index contributed by atoms with van der Waals surface area (Å²) >= 11 is 0. The summed E-state index contributed by atoms with van der Waals surface area (Å²) in [6.07, 6.45) is 2.98. The van der Waals surface area contributed by atoms with E-state index in [2.05, 4.69) is 10.3 Å². The van der Waals surface area contributed by atoms with Gasteiger partial charge >= 0.3 is 0 Å². The Bertz CT molecular complexity index is 170. The number of dihydropyridines is 1. The number of nitrogens with zero attached hydrogens (tertiary/aromatic N) is 1. The monoisotopic (exact) mass is 139 g/mol. The molecule has 10 heavy (non-hydrogen) atoms. The Kier molecular flexibility index (Phi) is 2.31. The minimum absolute atomic E-state index is 0.785. The summed E-state index contributed by atoms with van der Waals surface area (Å²) < 4.78 is 0. The third kappa shape index (κ3) is 1.50. The highest BCUT2D eigenvalue weighted by molar-refractivity contribution is 5.97. The van der Waals surface area contributed by atoms with Gasteiger partial charge in [-0.3, -0.25) is 4.99 Å². The van der Waals surface area contributed by atoms with Gasteiger partial charge in [0.05, 0.1) is 5.70 Å². The first-order chi connectivity index (χ1) is 4.84. The van der Waals surface area contributed by atoms with E-state index in [-0.39, 0.29) is 0 Å². The molecule has 0 aliphatic carbocycles. The van der Waals surface area contributed by atoms with Gasteiger partial charge in [0.2, 0.25) is 0 Å². The zero-order chi connectivity index (χ0) is 7.40. The minimum atomic E-state index is 0.785.